The number of carbonyl (C=O) groups excluding carboxylic acids is 2. The van der Waals surface area contributed by atoms with Crippen molar-refractivity contribution in [2.24, 2.45) is 4.99 Å². The highest BCUT2D eigenvalue weighted by atomic mass is 32.2. The molecule has 1 N–H and O–H groups in total. The van der Waals surface area contributed by atoms with Gasteiger partial charge in [0.25, 0.3) is 0 Å². The lowest BCUT2D eigenvalue weighted by Crippen LogP contribution is -2.31. The lowest BCUT2D eigenvalue weighted by Gasteiger charge is -2.21. The summed E-state index contributed by atoms with van der Waals surface area (Å²) in [6.07, 6.45) is -8.14. The number of hydrogen-bond acceptors (Lipinski definition) is 7. The monoisotopic (exact) mass is 682 g/mol. The Morgan fingerprint density at radius 3 is 2.49 bits per heavy atom. The number of carbonyl (C=O) groups is 2. The molecule has 1 aliphatic heterocycles. The first-order valence-electron chi connectivity index (χ1n) is 13.3. The smallest absolute Gasteiger partial charge is 0.406 e. The SMILES string of the molecule is Cc1cccc(N2C(=O)CS/C2=N\C(=O)Nc2ccc(-n3cnc(-c4ccc(OC(F)(F)F)cc4)n3)cc2F)c1COCC(F)(F)F. The Hall–Kier alpha value is -4.97. The van der Waals surface area contributed by atoms with Crippen molar-refractivity contribution in [3.63, 3.8) is 0 Å². The molecule has 1 fully saturated rings. The standard InChI is InChI=1S/C29H21F7N6O4S/c1-16-3-2-4-23(20(16)12-45-14-28(31,32)33)42-24(43)13-47-27(42)39-26(44)38-22-10-7-18(11-21(22)30)41-15-37-25(40-41)17-5-8-19(9-6-17)46-29(34,35)36/h2-11,15H,12-14H2,1H3,(H,38,44)/b39-27-. The molecule has 10 nitrogen and oxygen atoms in total. The second-order valence-corrected chi connectivity index (χ2v) is 10.7. The fraction of sp³-hybridized carbons (Fsp3) is 0.207. The number of hydrogen-bond donors (Lipinski definition) is 1. The van der Waals surface area contributed by atoms with Crippen LogP contribution in [0.1, 0.15) is 11.1 Å². The molecule has 0 radical (unpaired) electrons. The van der Waals surface area contributed by atoms with Crippen molar-refractivity contribution in [1.29, 1.82) is 0 Å². The van der Waals surface area contributed by atoms with Crippen molar-refractivity contribution in [1.82, 2.24) is 14.8 Å². The lowest BCUT2D eigenvalue weighted by molar-refractivity contribution is -0.274. The van der Waals surface area contributed by atoms with Crippen LogP contribution in [-0.4, -0.2) is 56.8 Å². The van der Waals surface area contributed by atoms with Crippen LogP contribution in [0.25, 0.3) is 17.1 Å². The predicted octanol–water partition coefficient (Wildman–Crippen LogP) is 7.03. The Labute approximate surface area is 265 Å². The lowest BCUT2D eigenvalue weighted by atomic mass is 10.1. The van der Waals surface area contributed by atoms with E-state index in [1.165, 1.54) is 41.3 Å². The number of alkyl halides is 6. The molecule has 2 heterocycles. The number of aromatic nitrogens is 3. The number of anilines is 2. The summed E-state index contributed by atoms with van der Waals surface area (Å²) in [5.74, 6) is -1.74. The van der Waals surface area contributed by atoms with Crippen LogP contribution in [-0.2, 0) is 16.1 Å². The summed E-state index contributed by atoms with van der Waals surface area (Å²) in [5, 5.41) is 6.43. The molecule has 0 atom stereocenters. The molecule has 0 saturated carbocycles. The van der Waals surface area contributed by atoms with Crippen LogP contribution >= 0.6 is 11.8 Å². The number of thioether (sulfide) groups is 1. The van der Waals surface area contributed by atoms with Crippen LogP contribution in [0.3, 0.4) is 0 Å². The van der Waals surface area contributed by atoms with E-state index in [0.29, 0.717) is 16.7 Å². The first-order chi connectivity index (χ1) is 22.2. The molecule has 0 spiro atoms. The number of rotatable bonds is 8. The van der Waals surface area contributed by atoms with Gasteiger partial charge in [0.1, 0.15) is 24.5 Å². The molecular formula is C29H21F7N6O4S. The molecule has 3 aromatic carbocycles. The van der Waals surface area contributed by atoms with E-state index in [-0.39, 0.29) is 33.8 Å². The molecule has 246 valence electrons. The fourth-order valence-electron chi connectivity index (χ4n) is 4.34. The number of amidine groups is 1. The average Bonchev–Trinajstić information content (AvgIpc) is 3.61. The molecule has 1 aromatic heterocycles. The van der Waals surface area contributed by atoms with E-state index in [1.807, 2.05) is 0 Å². The Balaban J connectivity index is 1.29. The van der Waals surface area contributed by atoms with Crippen molar-refractivity contribution in [2.45, 2.75) is 26.1 Å². The van der Waals surface area contributed by atoms with Crippen molar-refractivity contribution < 1.29 is 49.8 Å². The van der Waals surface area contributed by atoms with E-state index in [4.69, 9.17) is 4.74 Å². The Morgan fingerprint density at radius 1 is 1.06 bits per heavy atom. The third kappa shape index (κ3) is 8.44. The van der Waals surface area contributed by atoms with Crippen LogP contribution in [0.15, 0.2) is 72.0 Å². The number of amides is 3. The molecule has 4 aromatic rings. The fourth-order valence-corrected chi connectivity index (χ4v) is 5.20. The zero-order chi connectivity index (χ0) is 33.9. The largest absolute Gasteiger partial charge is 0.573 e. The topological polar surface area (TPSA) is 111 Å². The van der Waals surface area contributed by atoms with Gasteiger partial charge in [-0.25, -0.2) is 18.9 Å². The summed E-state index contributed by atoms with van der Waals surface area (Å²) in [4.78, 5) is 34.6. The first-order valence-corrected chi connectivity index (χ1v) is 14.3. The molecule has 5 rings (SSSR count). The summed E-state index contributed by atoms with van der Waals surface area (Å²) in [6.45, 7) is -0.315. The summed E-state index contributed by atoms with van der Waals surface area (Å²) in [7, 11) is 0. The molecule has 1 aliphatic rings. The highest BCUT2D eigenvalue weighted by molar-refractivity contribution is 8.15. The van der Waals surface area contributed by atoms with Gasteiger partial charge in [-0.3, -0.25) is 9.69 Å². The maximum atomic E-state index is 15.0. The maximum absolute atomic E-state index is 15.0. The zero-order valence-corrected chi connectivity index (χ0v) is 24.7. The van der Waals surface area contributed by atoms with Crippen LogP contribution in [0, 0.1) is 12.7 Å². The van der Waals surface area contributed by atoms with Gasteiger partial charge in [-0.1, -0.05) is 23.9 Å². The van der Waals surface area contributed by atoms with Crippen LogP contribution in [0.5, 0.6) is 5.75 Å². The number of nitrogens with one attached hydrogen (secondary N) is 1. The van der Waals surface area contributed by atoms with E-state index in [1.54, 1.807) is 19.1 Å². The maximum Gasteiger partial charge on any atom is 0.573 e. The van der Waals surface area contributed by atoms with Gasteiger partial charge in [-0.05, 0) is 55.0 Å². The number of aliphatic imine (C=N–C) groups is 1. The molecule has 0 bridgehead atoms. The second-order valence-electron chi connectivity index (χ2n) is 9.77. The molecule has 1 saturated heterocycles. The second kappa shape index (κ2) is 13.4. The van der Waals surface area contributed by atoms with Gasteiger partial charge in [0.2, 0.25) is 5.91 Å². The number of nitrogens with zero attached hydrogens (tertiary/aromatic N) is 5. The highest BCUT2D eigenvalue weighted by Gasteiger charge is 2.34. The Morgan fingerprint density at radius 2 is 1.81 bits per heavy atom. The minimum Gasteiger partial charge on any atom is -0.406 e. The highest BCUT2D eigenvalue weighted by Crippen LogP contribution is 2.33. The van der Waals surface area contributed by atoms with Crippen LogP contribution in [0.2, 0.25) is 0 Å². The average molecular weight is 683 g/mol. The third-order valence-electron chi connectivity index (χ3n) is 6.40. The van der Waals surface area contributed by atoms with Gasteiger partial charge in [0, 0.05) is 17.2 Å². The summed E-state index contributed by atoms with van der Waals surface area (Å²) in [6, 6.07) is 12.2. The molecule has 3 amide bonds. The van der Waals surface area contributed by atoms with Crippen molar-refractivity contribution in [2.75, 3.05) is 22.6 Å². The predicted molar refractivity (Wildman–Crippen MR) is 157 cm³/mol. The normalized spacial score (nSPS) is 14.6. The van der Waals surface area contributed by atoms with E-state index < -0.39 is 49.3 Å². The Kier molecular flexibility index (Phi) is 9.53. The van der Waals surface area contributed by atoms with E-state index in [9.17, 15) is 35.9 Å². The minimum atomic E-state index is -4.84. The van der Waals surface area contributed by atoms with Gasteiger partial charge in [-0.2, -0.15) is 18.2 Å². The van der Waals surface area contributed by atoms with Gasteiger partial charge in [-0.15, -0.1) is 18.3 Å². The van der Waals surface area contributed by atoms with Gasteiger partial charge in [0.15, 0.2) is 11.0 Å². The van der Waals surface area contributed by atoms with E-state index in [0.717, 1.165) is 34.9 Å². The zero-order valence-electron chi connectivity index (χ0n) is 23.9. The third-order valence-corrected chi connectivity index (χ3v) is 7.32. The number of ether oxygens (including phenoxy) is 2. The van der Waals surface area contributed by atoms with E-state index >= 15 is 4.39 Å². The van der Waals surface area contributed by atoms with Crippen molar-refractivity contribution in [3.8, 4) is 22.8 Å². The van der Waals surface area contributed by atoms with Gasteiger partial charge in [0.05, 0.1) is 29.4 Å². The summed E-state index contributed by atoms with van der Waals surface area (Å²) < 4.78 is 100. The molecule has 18 heteroatoms. The van der Waals surface area contributed by atoms with Crippen LogP contribution in [0.4, 0.5) is 46.9 Å². The molecule has 0 aliphatic carbocycles. The minimum absolute atomic E-state index is 0.0691. The Bertz CT molecular complexity index is 1830. The number of halogens is 7. The molecule has 47 heavy (non-hydrogen) atoms. The number of aryl methyl sites for hydroxylation is 1. The first kappa shape index (κ1) is 33.4. The number of benzene rings is 3. The van der Waals surface area contributed by atoms with Crippen molar-refractivity contribution >= 4 is 40.2 Å². The summed E-state index contributed by atoms with van der Waals surface area (Å²) in [5.41, 5.74) is 1.35. The van der Waals surface area contributed by atoms with Crippen LogP contribution < -0.4 is 15.0 Å². The summed E-state index contributed by atoms with van der Waals surface area (Å²) >= 11 is 0.918. The van der Waals surface area contributed by atoms with Gasteiger partial charge >= 0.3 is 18.6 Å². The van der Waals surface area contributed by atoms with E-state index in [2.05, 4.69) is 25.1 Å². The quantitative estimate of drug-likeness (QED) is 0.199. The molecular weight excluding hydrogens is 661 g/mol. The number of urea groups is 1. The van der Waals surface area contributed by atoms with Gasteiger partial charge < -0.3 is 14.8 Å². The van der Waals surface area contributed by atoms with Crippen molar-refractivity contribution in [3.05, 3.63) is 83.9 Å². The molecule has 0 unspecified atom stereocenters.